The number of carboxylic acid groups (broad SMARTS) is 1. The first kappa shape index (κ1) is 31.9. The van der Waals surface area contributed by atoms with Crippen LogP contribution >= 0.6 is 23.7 Å². The minimum atomic E-state index is -1.10. The van der Waals surface area contributed by atoms with Gasteiger partial charge in [-0.2, -0.15) is 0 Å². The van der Waals surface area contributed by atoms with Crippen LogP contribution in [0.1, 0.15) is 40.5 Å². The zero-order valence-electron chi connectivity index (χ0n) is 21.3. The number of anilines is 1. The number of ether oxygens (including phenoxy) is 1. The van der Waals surface area contributed by atoms with Crippen LogP contribution in [0.5, 0.6) is 5.75 Å². The van der Waals surface area contributed by atoms with Crippen molar-refractivity contribution >= 4 is 52.7 Å². The van der Waals surface area contributed by atoms with Crippen LogP contribution in [0.25, 0.3) is 0 Å². The minimum absolute atomic E-state index is 0. The normalized spacial score (nSPS) is 10.9. The van der Waals surface area contributed by atoms with Gasteiger partial charge < -0.3 is 31.5 Å². The summed E-state index contributed by atoms with van der Waals surface area (Å²) in [5.41, 5.74) is 6.81. The molecule has 4 amide bonds. The average Bonchev–Trinajstić information content (AvgIpc) is 3.39. The molecule has 214 valence electrons. The molecule has 2 aromatic heterocycles. The first-order valence-electron chi connectivity index (χ1n) is 12.0. The number of thiazole rings is 1. The van der Waals surface area contributed by atoms with Gasteiger partial charge in [0, 0.05) is 29.9 Å². The lowest BCUT2D eigenvalue weighted by molar-refractivity contribution is -0.137. The van der Waals surface area contributed by atoms with Crippen molar-refractivity contribution in [2.75, 3.05) is 25.0 Å². The first-order chi connectivity index (χ1) is 18.9. The van der Waals surface area contributed by atoms with Gasteiger partial charge >= 0.3 is 12.0 Å². The van der Waals surface area contributed by atoms with E-state index in [1.165, 1.54) is 17.8 Å². The number of rotatable bonds is 14. The molecule has 1 aromatic carbocycles. The van der Waals surface area contributed by atoms with E-state index >= 15 is 0 Å². The Morgan fingerprint density at radius 3 is 2.62 bits per heavy atom. The summed E-state index contributed by atoms with van der Waals surface area (Å²) >= 11 is 1.04. The average molecular weight is 592 g/mol. The molecular weight excluding hydrogens is 562 g/mol. The number of nitrogens with two attached hydrogens (primary N) is 1. The van der Waals surface area contributed by atoms with Crippen LogP contribution in [-0.2, 0) is 16.1 Å². The summed E-state index contributed by atoms with van der Waals surface area (Å²) in [7, 11) is 0. The Balaban J connectivity index is 0.00000560. The van der Waals surface area contributed by atoms with Gasteiger partial charge in [0.05, 0.1) is 25.6 Å². The number of aromatic nitrogens is 2. The predicted molar refractivity (Wildman–Crippen MR) is 151 cm³/mol. The van der Waals surface area contributed by atoms with Gasteiger partial charge in [-0.1, -0.05) is 24.3 Å². The standard InChI is InChI=1S/C25H29N7O6S.ClH/c26-8-4-10-38-20-7-2-1-5-17(20)13-29-24(37)32-25-31-19(15-39-25)23(36)28-14-21(33)30-18(11-22(34)35)16-6-3-9-27-12-16;/h1-3,5-7,9,12,15,18H,4,8,10-11,13-14,26H2,(H,28,36)(H,30,33)(H,34,35)(H2,29,31,32,37);1H. The Morgan fingerprint density at radius 1 is 1.10 bits per heavy atom. The van der Waals surface area contributed by atoms with Crippen LogP contribution in [0.4, 0.5) is 9.93 Å². The molecular formula is C25H30ClN7O6S. The molecule has 13 nitrogen and oxygen atoms in total. The summed E-state index contributed by atoms with van der Waals surface area (Å²) in [4.78, 5) is 56.3. The van der Waals surface area contributed by atoms with Gasteiger partial charge in [0.25, 0.3) is 5.91 Å². The summed E-state index contributed by atoms with van der Waals surface area (Å²) in [6.45, 7) is 0.797. The molecule has 15 heteroatoms. The van der Waals surface area contributed by atoms with E-state index in [0.717, 1.165) is 16.9 Å². The lowest BCUT2D eigenvalue weighted by atomic mass is 10.1. The number of nitrogens with one attached hydrogen (secondary N) is 4. The van der Waals surface area contributed by atoms with E-state index in [4.69, 9.17) is 15.6 Å². The first-order valence-corrected chi connectivity index (χ1v) is 12.8. The number of benzene rings is 1. The van der Waals surface area contributed by atoms with Crippen LogP contribution in [-0.4, -0.2) is 58.6 Å². The Morgan fingerprint density at radius 2 is 1.90 bits per heavy atom. The molecule has 0 fully saturated rings. The van der Waals surface area contributed by atoms with E-state index < -0.39 is 36.4 Å². The third-order valence-corrected chi connectivity index (χ3v) is 5.94. The fourth-order valence-electron chi connectivity index (χ4n) is 3.31. The monoisotopic (exact) mass is 591 g/mol. The van der Waals surface area contributed by atoms with Gasteiger partial charge in [-0.05, 0) is 30.7 Å². The third kappa shape index (κ3) is 10.5. The maximum Gasteiger partial charge on any atom is 0.321 e. The van der Waals surface area contributed by atoms with E-state index in [1.54, 1.807) is 12.1 Å². The third-order valence-electron chi connectivity index (χ3n) is 5.19. The number of carbonyl (C=O) groups excluding carboxylic acids is 3. The van der Waals surface area contributed by atoms with E-state index in [9.17, 15) is 19.2 Å². The molecule has 1 atom stereocenters. The number of hydrogen-bond acceptors (Lipinski definition) is 9. The van der Waals surface area contributed by atoms with Crippen molar-refractivity contribution in [2.45, 2.75) is 25.4 Å². The fourth-order valence-corrected chi connectivity index (χ4v) is 4.00. The molecule has 0 spiro atoms. The van der Waals surface area contributed by atoms with Crippen molar-refractivity contribution in [2.24, 2.45) is 5.73 Å². The second kappa shape index (κ2) is 16.6. The molecule has 0 aliphatic heterocycles. The molecule has 0 radical (unpaired) electrons. The summed E-state index contributed by atoms with van der Waals surface area (Å²) in [5.74, 6) is -1.66. The van der Waals surface area contributed by atoms with Crippen LogP contribution in [0.2, 0.25) is 0 Å². The Kier molecular flexibility index (Phi) is 13.3. The molecule has 3 aromatic rings. The fraction of sp³-hybridized carbons (Fsp3) is 0.280. The molecule has 0 aliphatic rings. The topological polar surface area (TPSA) is 198 Å². The van der Waals surface area contributed by atoms with Crippen LogP contribution in [0.3, 0.4) is 0 Å². The van der Waals surface area contributed by atoms with Crippen LogP contribution < -0.4 is 31.7 Å². The molecule has 0 bridgehead atoms. The van der Waals surface area contributed by atoms with Crippen LogP contribution in [0, 0.1) is 0 Å². The lowest BCUT2D eigenvalue weighted by Crippen LogP contribution is -2.39. The molecule has 1 unspecified atom stereocenters. The molecule has 7 N–H and O–H groups in total. The second-order valence-corrected chi connectivity index (χ2v) is 8.99. The number of pyridine rings is 1. The van der Waals surface area contributed by atoms with Crippen LogP contribution in [0.15, 0.2) is 54.2 Å². The van der Waals surface area contributed by atoms with Crippen molar-refractivity contribution in [1.82, 2.24) is 25.9 Å². The maximum atomic E-state index is 12.4. The molecule has 0 saturated carbocycles. The van der Waals surface area contributed by atoms with Gasteiger partial charge in [-0.25, -0.2) is 9.78 Å². The van der Waals surface area contributed by atoms with Crippen molar-refractivity contribution in [3.63, 3.8) is 0 Å². The molecule has 0 saturated heterocycles. The number of hydrogen-bond donors (Lipinski definition) is 6. The molecule has 0 aliphatic carbocycles. The smallest absolute Gasteiger partial charge is 0.321 e. The van der Waals surface area contributed by atoms with Gasteiger partial charge in [-0.15, -0.1) is 23.7 Å². The number of aliphatic carboxylic acids is 1. The van der Waals surface area contributed by atoms with Crippen molar-refractivity contribution in [3.05, 3.63) is 71.0 Å². The SMILES string of the molecule is Cl.NCCCOc1ccccc1CNC(=O)Nc1nc(C(=O)NCC(=O)NC(CC(=O)O)c2cccnc2)cs1. The highest BCUT2D eigenvalue weighted by Crippen LogP contribution is 2.19. The minimum Gasteiger partial charge on any atom is -0.493 e. The number of carbonyl (C=O) groups is 4. The van der Waals surface area contributed by atoms with E-state index in [-0.39, 0.29) is 36.2 Å². The quantitative estimate of drug-likeness (QED) is 0.152. The van der Waals surface area contributed by atoms with Gasteiger partial charge in [0.1, 0.15) is 11.4 Å². The summed E-state index contributed by atoms with van der Waals surface area (Å²) in [6.07, 6.45) is 3.36. The van der Waals surface area contributed by atoms with Gasteiger partial charge in [0.2, 0.25) is 5.91 Å². The lowest BCUT2D eigenvalue weighted by Gasteiger charge is -2.17. The molecule has 3 rings (SSSR count). The Labute approximate surface area is 240 Å². The van der Waals surface area contributed by atoms with Crippen molar-refractivity contribution < 1.29 is 29.0 Å². The maximum absolute atomic E-state index is 12.4. The van der Waals surface area contributed by atoms with E-state index in [1.807, 2.05) is 24.3 Å². The highest BCUT2D eigenvalue weighted by atomic mass is 35.5. The highest BCUT2D eigenvalue weighted by Gasteiger charge is 2.19. The predicted octanol–water partition coefficient (Wildman–Crippen LogP) is 2.07. The Bertz CT molecular complexity index is 1280. The number of amides is 4. The number of halogens is 1. The number of carboxylic acids is 1. The molecule has 2 heterocycles. The number of nitrogens with zero attached hydrogens (tertiary/aromatic N) is 2. The largest absolute Gasteiger partial charge is 0.493 e. The summed E-state index contributed by atoms with van der Waals surface area (Å²) in [5, 5.41) is 21.1. The highest BCUT2D eigenvalue weighted by molar-refractivity contribution is 7.14. The van der Waals surface area contributed by atoms with Gasteiger partial charge in [0.15, 0.2) is 5.13 Å². The Hall–Kier alpha value is -4.27. The number of urea groups is 1. The zero-order chi connectivity index (χ0) is 28.0. The zero-order valence-corrected chi connectivity index (χ0v) is 22.9. The van der Waals surface area contributed by atoms with Crippen molar-refractivity contribution in [3.8, 4) is 5.75 Å². The van der Waals surface area contributed by atoms with E-state index in [2.05, 4.69) is 31.2 Å². The van der Waals surface area contributed by atoms with Crippen molar-refractivity contribution in [1.29, 1.82) is 0 Å². The van der Waals surface area contributed by atoms with Gasteiger partial charge in [-0.3, -0.25) is 24.7 Å². The summed E-state index contributed by atoms with van der Waals surface area (Å²) < 4.78 is 5.69. The second-order valence-electron chi connectivity index (χ2n) is 8.13. The summed E-state index contributed by atoms with van der Waals surface area (Å²) in [6, 6.07) is 9.26. The number of para-hydroxylation sites is 1. The molecule has 40 heavy (non-hydrogen) atoms. The van der Waals surface area contributed by atoms with E-state index in [0.29, 0.717) is 30.9 Å².